The molecule has 0 bridgehead atoms. The lowest BCUT2D eigenvalue weighted by molar-refractivity contribution is 0.475. The molecule has 0 spiro atoms. The first-order chi connectivity index (χ1) is 7.58. The van der Waals surface area contributed by atoms with Crippen LogP contribution in [-0.2, 0) is 0 Å². The Balaban J connectivity index is 2.65. The fraction of sp³-hybridized carbons (Fsp3) is 0. The predicted octanol–water partition coefficient (Wildman–Crippen LogP) is 1.98. The summed E-state index contributed by atoms with van der Waals surface area (Å²) in [6, 6.07) is 7.82. The summed E-state index contributed by atoms with van der Waals surface area (Å²) >= 11 is 5.96. The maximum atomic E-state index is 11.3. The highest BCUT2D eigenvalue weighted by Gasteiger charge is 2.07. The number of aromatic nitrogens is 1. The number of aromatic amines is 1. The SMILES string of the molecule is Nc1cc(Cl)c(-c2cccc(O)c2)[nH]c1=O. The van der Waals surface area contributed by atoms with Gasteiger partial charge in [0.2, 0.25) is 0 Å². The molecule has 4 nitrogen and oxygen atoms in total. The number of aromatic hydroxyl groups is 1. The van der Waals surface area contributed by atoms with E-state index >= 15 is 0 Å². The summed E-state index contributed by atoms with van der Waals surface area (Å²) in [6.45, 7) is 0. The number of phenols is 1. The Labute approximate surface area is 96.3 Å². The van der Waals surface area contributed by atoms with Crippen molar-refractivity contribution in [2.45, 2.75) is 0 Å². The summed E-state index contributed by atoms with van der Waals surface area (Å²) in [5.41, 5.74) is 6.15. The van der Waals surface area contributed by atoms with Gasteiger partial charge < -0.3 is 15.8 Å². The Kier molecular flexibility index (Phi) is 2.58. The first-order valence-electron chi connectivity index (χ1n) is 4.55. The summed E-state index contributed by atoms with van der Waals surface area (Å²) < 4.78 is 0. The van der Waals surface area contributed by atoms with Crippen LogP contribution in [0.5, 0.6) is 5.75 Å². The molecule has 1 heterocycles. The zero-order chi connectivity index (χ0) is 11.7. The molecule has 2 rings (SSSR count). The van der Waals surface area contributed by atoms with Crippen LogP contribution >= 0.6 is 11.6 Å². The van der Waals surface area contributed by atoms with Gasteiger partial charge in [0.15, 0.2) is 0 Å². The number of hydrogen-bond donors (Lipinski definition) is 3. The third-order valence-corrected chi connectivity index (χ3v) is 2.45. The number of rotatable bonds is 1. The molecular weight excluding hydrogens is 228 g/mol. The predicted molar refractivity (Wildman–Crippen MR) is 63.6 cm³/mol. The van der Waals surface area contributed by atoms with E-state index in [1.54, 1.807) is 12.1 Å². The smallest absolute Gasteiger partial charge is 0.271 e. The molecule has 0 fully saturated rings. The van der Waals surface area contributed by atoms with Crippen molar-refractivity contribution in [3.63, 3.8) is 0 Å². The Morgan fingerprint density at radius 1 is 1.31 bits per heavy atom. The van der Waals surface area contributed by atoms with Crippen LogP contribution in [0, 0.1) is 0 Å². The van der Waals surface area contributed by atoms with Gasteiger partial charge in [0.1, 0.15) is 5.75 Å². The minimum absolute atomic E-state index is 0.0638. The number of halogens is 1. The van der Waals surface area contributed by atoms with E-state index in [0.29, 0.717) is 16.3 Å². The van der Waals surface area contributed by atoms with Crippen molar-refractivity contribution in [2.24, 2.45) is 0 Å². The lowest BCUT2D eigenvalue weighted by Gasteiger charge is -2.05. The van der Waals surface area contributed by atoms with E-state index in [2.05, 4.69) is 4.98 Å². The fourth-order valence-electron chi connectivity index (χ4n) is 1.39. The summed E-state index contributed by atoms with van der Waals surface area (Å²) in [5.74, 6) is 0.103. The van der Waals surface area contributed by atoms with Crippen molar-refractivity contribution in [1.82, 2.24) is 4.98 Å². The second kappa shape index (κ2) is 3.90. The Bertz CT molecular complexity index is 593. The molecule has 2 aromatic rings. The quantitative estimate of drug-likeness (QED) is 0.708. The zero-order valence-electron chi connectivity index (χ0n) is 8.20. The molecule has 1 aromatic heterocycles. The minimum Gasteiger partial charge on any atom is -0.508 e. The standard InChI is InChI=1S/C11H9ClN2O2/c12-8-5-9(13)11(16)14-10(8)6-2-1-3-7(15)4-6/h1-5,15H,13H2,(H,14,16). The average Bonchev–Trinajstić information content (AvgIpc) is 2.23. The number of anilines is 1. The van der Waals surface area contributed by atoms with Crippen molar-refractivity contribution >= 4 is 17.3 Å². The number of benzene rings is 1. The molecule has 0 unspecified atom stereocenters. The number of phenolic OH excluding ortho intramolecular Hbond substituents is 1. The van der Waals surface area contributed by atoms with Gasteiger partial charge in [0.05, 0.1) is 16.4 Å². The second-order valence-electron chi connectivity index (χ2n) is 3.33. The highest BCUT2D eigenvalue weighted by Crippen LogP contribution is 2.27. The van der Waals surface area contributed by atoms with E-state index in [9.17, 15) is 9.90 Å². The number of nitrogens with two attached hydrogens (primary N) is 1. The number of hydrogen-bond acceptors (Lipinski definition) is 3. The number of nitrogen functional groups attached to an aromatic ring is 1. The molecule has 0 aliphatic rings. The first-order valence-corrected chi connectivity index (χ1v) is 4.93. The molecule has 1 aromatic carbocycles. The van der Waals surface area contributed by atoms with Crippen LogP contribution in [0.3, 0.4) is 0 Å². The Morgan fingerprint density at radius 3 is 2.75 bits per heavy atom. The van der Waals surface area contributed by atoms with E-state index in [1.165, 1.54) is 18.2 Å². The molecule has 0 amide bonds. The average molecular weight is 237 g/mol. The fourth-order valence-corrected chi connectivity index (χ4v) is 1.67. The summed E-state index contributed by atoms with van der Waals surface area (Å²) in [5, 5.41) is 9.67. The summed E-state index contributed by atoms with van der Waals surface area (Å²) in [7, 11) is 0. The van der Waals surface area contributed by atoms with Crippen LogP contribution in [0.1, 0.15) is 0 Å². The lowest BCUT2D eigenvalue weighted by atomic mass is 10.1. The van der Waals surface area contributed by atoms with Crippen molar-refractivity contribution in [1.29, 1.82) is 0 Å². The van der Waals surface area contributed by atoms with Gasteiger partial charge in [-0.3, -0.25) is 4.79 Å². The highest BCUT2D eigenvalue weighted by atomic mass is 35.5. The van der Waals surface area contributed by atoms with Gasteiger partial charge in [-0.15, -0.1) is 0 Å². The van der Waals surface area contributed by atoms with Crippen LogP contribution in [0.25, 0.3) is 11.3 Å². The van der Waals surface area contributed by atoms with Gasteiger partial charge >= 0.3 is 0 Å². The number of nitrogens with one attached hydrogen (secondary N) is 1. The number of H-pyrrole nitrogens is 1. The van der Waals surface area contributed by atoms with E-state index in [0.717, 1.165) is 0 Å². The molecule has 16 heavy (non-hydrogen) atoms. The zero-order valence-corrected chi connectivity index (χ0v) is 8.95. The normalized spacial score (nSPS) is 10.3. The molecule has 4 N–H and O–H groups in total. The molecule has 0 aliphatic carbocycles. The van der Waals surface area contributed by atoms with Gasteiger partial charge in [-0.2, -0.15) is 0 Å². The molecule has 0 atom stereocenters. The van der Waals surface area contributed by atoms with E-state index < -0.39 is 5.56 Å². The van der Waals surface area contributed by atoms with Crippen LogP contribution in [-0.4, -0.2) is 10.1 Å². The van der Waals surface area contributed by atoms with E-state index in [-0.39, 0.29) is 11.4 Å². The molecule has 0 saturated carbocycles. The molecule has 0 radical (unpaired) electrons. The van der Waals surface area contributed by atoms with Crippen molar-refractivity contribution in [3.8, 4) is 17.0 Å². The third-order valence-electron chi connectivity index (χ3n) is 2.16. The van der Waals surface area contributed by atoms with Gasteiger partial charge in [-0.05, 0) is 18.2 Å². The van der Waals surface area contributed by atoms with Crippen molar-refractivity contribution in [2.75, 3.05) is 5.73 Å². The van der Waals surface area contributed by atoms with Crippen LogP contribution in [0.2, 0.25) is 5.02 Å². The summed E-state index contributed by atoms with van der Waals surface area (Å²) in [4.78, 5) is 13.9. The highest BCUT2D eigenvalue weighted by molar-refractivity contribution is 6.33. The molecular formula is C11H9ClN2O2. The molecule has 5 heteroatoms. The van der Waals surface area contributed by atoms with Crippen LogP contribution in [0.15, 0.2) is 35.1 Å². The maximum absolute atomic E-state index is 11.3. The summed E-state index contributed by atoms with van der Waals surface area (Å²) in [6.07, 6.45) is 0. The topological polar surface area (TPSA) is 79.1 Å². The molecule has 0 aliphatic heterocycles. The lowest BCUT2D eigenvalue weighted by Crippen LogP contribution is -2.12. The largest absolute Gasteiger partial charge is 0.508 e. The Hall–Kier alpha value is -1.94. The maximum Gasteiger partial charge on any atom is 0.271 e. The van der Waals surface area contributed by atoms with E-state index in [1.807, 2.05) is 0 Å². The first kappa shape index (κ1) is 10.6. The van der Waals surface area contributed by atoms with Gasteiger partial charge in [0.25, 0.3) is 5.56 Å². The van der Waals surface area contributed by atoms with Crippen LogP contribution in [0.4, 0.5) is 5.69 Å². The minimum atomic E-state index is -0.400. The monoisotopic (exact) mass is 236 g/mol. The Morgan fingerprint density at radius 2 is 2.06 bits per heavy atom. The van der Waals surface area contributed by atoms with Crippen molar-refractivity contribution < 1.29 is 5.11 Å². The van der Waals surface area contributed by atoms with Gasteiger partial charge in [0, 0.05) is 5.56 Å². The second-order valence-corrected chi connectivity index (χ2v) is 3.73. The number of pyridine rings is 1. The molecule has 0 saturated heterocycles. The van der Waals surface area contributed by atoms with Crippen molar-refractivity contribution in [3.05, 3.63) is 45.7 Å². The van der Waals surface area contributed by atoms with Gasteiger partial charge in [-0.25, -0.2) is 0 Å². The van der Waals surface area contributed by atoms with Crippen LogP contribution < -0.4 is 11.3 Å². The van der Waals surface area contributed by atoms with E-state index in [4.69, 9.17) is 17.3 Å². The molecule has 82 valence electrons. The van der Waals surface area contributed by atoms with Gasteiger partial charge in [-0.1, -0.05) is 23.7 Å². The third kappa shape index (κ3) is 1.87.